The molecule has 0 fully saturated rings. The van der Waals surface area contributed by atoms with Crippen LogP contribution in [-0.2, 0) is 0 Å². The molecule has 1 amide bonds. The van der Waals surface area contributed by atoms with Gasteiger partial charge in [-0.2, -0.15) is 0 Å². The molecule has 2 rings (SSSR count). The van der Waals surface area contributed by atoms with E-state index >= 15 is 0 Å². The largest absolute Gasteiger partial charge is 0.322 e. The molecule has 1 N–H and O–H groups in total. The number of carbonyl (C=O) groups excluding carboxylic acids is 1. The van der Waals surface area contributed by atoms with Gasteiger partial charge in [0.25, 0.3) is 11.6 Å². The topological polar surface area (TPSA) is 72.2 Å². The SMILES string of the molecule is Cc1cc(Br)cc(NC(=O)c2cc(F)ccc2[N+](=O)[O-])c1. The number of nitro benzene ring substituents is 1. The summed E-state index contributed by atoms with van der Waals surface area (Å²) in [5, 5.41) is 13.4. The smallest absolute Gasteiger partial charge is 0.282 e. The predicted octanol–water partition coefficient (Wildman–Crippen LogP) is 4.06. The number of nitrogens with zero attached hydrogens (tertiary/aromatic N) is 1. The fourth-order valence-corrected chi connectivity index (χ4v) is 2.46. The minimum absolute atomic E-state index is 0.322. The highest BCUT2D eigenvalue weighted by molar-refractivity contribution is 9.10. The number of amides is 1. The number of rotatable bonds is 3. The van der Waals surface area contributed by atoms with Gasteiger partial charge in [0.15, 0.2) is 0 Å². The van der Waals surface area contributed by atoms with Gasteiger partial charge in [-0.15, -0.1) is 0 Å². The van der Waals surface area contributed by atoms with E-state index in [1.807, 2.05) is 13.0 Å². The number of anilines is 1. The molecule has 0 spiro atoms. The summed E-state index contributed by atoms with van der Waals surface area (Å²) < 4.78 is 14.0. The van der Waals surface area contributed by atoms with E-state index in [2.05, 4.69) is 21.2 Å². The zero-order valence-electron chi connectivity index (χ0n) is 10.9. The number of carbonyl (C=O) groups is 1. The number of hydrogen-bond donors (Lipinski definition) is 1. The first kappa shape index (κ1) is 15.1. The molecule has 0 saturated carbocycles. The van der Waals surface area contributed by atoms with E-state index in [1.165, 1.54) is 0 Å². The second-order valence-corrected chi connectivity index (χ2v) is 5.31. The van der Waals surface area contributed by atoms with Crippen molar-refractivity contribution >= 4 is 33.2 Å². The molecule has 108 valence electrons. The van der Waals surface area contributed by atoms with Gasteiger partial charge >= 0.3 is 0 Å². The molecule has 0 aliphatic rings. The Labute approximate surface area is 128 Å². The third kappa shape index (κ3) is 3.63. The normalized spacial score (nSPS) is 10.2. The van der Waals surface area contributed by atoms with Gasteiger partial charge in [0.05, 0.1) is 4.92 Å². The van der Waals surface area contributed by atoms with Crippen molar-refractivity contribution in [2.24, 2.45) is 0 Å². The van der Waals surface area contributed by atoms with E-state index in [4.69, 9.17) is 0 Å². The minimum atomic E-state index is -0.737. The fourth-order valence-electron chi connectivity index (χ4n) is 1.86. The van der Waals surface area contributed by atoms with Crippen LogP contribution in [0.5, 0.6) is 0 Å². The van der Waals surface area contributed by atoms with Crippen LogP contribution in [0.25, 0.3) is 0 Å². The summed E-state index contributed by atoms with van der Waals surface area (Å²) in [4.78, 5) is 22.3. The lowest BCUT2D eigenvalue weighted by molar-refractivity contribution is -0.385. The summed E-state index contributed by atoms with van der Waals surface area (Å²) in [7, 11) is 0. The van der Waals surface area contributed by atoms with Gasteiger partial charge in [0.2, 0.25) is 0 Å². The molecule has 0 bridgehead atoms. The summed E-state index contributed by atoms with van der Waals surface area (Å²) in [6, 6.07) is 7.96. The maximum absolute atomic E-state index is 13.2. The van der Waals surface area contributed by atoms with Crippen LogP contribution in [0.15, 0.2) is 40.9 Å². The highest BCUT2D eigenvalue weighted by Crippen LogP contribution is 2.23. The molecule has 0 saturated heterocycles. The Hall–Kier alpha value is -2.28. The Morgan fingerprint density at radius 2 is 2.00 bits per heavy atom. The average Bonchev–Trinajstić information content (AvgIpc) is 2.36. The molecule has 0 aliphatic carbocycles. The molecule has 2 aromatic carbocycles. The Balaban J connectivity index is 2.36. The summed E-state index contributed by atoms with van der Waals surface area (Å²) in [5.74, 6) is -1.45. The summed E-state index contributed by atoms with van der Waals surface area (Å²) >= 11 is 3.29. The van der Waals surface area contributed by atoms with Crippen molar-refractivity contribution < 1.29 is 14.1 Å². The van der Waals surface area contributed by atoms with Crippen molar-refractivity contribution in [1.82, 2.24) is 0 Å². The average molecular weight is 353 g/mol. The van der Waals surface area contributed by atoms with Crippen molar-refractivity contribution in [2.45, 2.75) is 6.92 Å². The first-order chi connectivity index (χ1) is 9.86. The molecule has 0 radical (unpaired) electrons. The molecule has 5 nitrogen and oxygen atoms in total. The van der Waals surface area contributed by atoms with Crippen molar-refractivity contribution in [3.05, 3.63) is 67.9 Å². The maximum Gasteiger partial charge on any atom is 0.282 e. The van der Waals surface area contributed by atoms with Crippen LogP contribution in [0.3, 0.4) is 0 Å². The maximum atomic E-state index is 13.2. The zero-order valence-corrected chi connectivity index (χ0v) is 12.5. The summed E-state index contributed by atoms with van der Waals surface area (Å²) in [6.07, 6.45) is 0. The molecule has 0 heterocycles. The Morgan fingerprint density at radius 3 is 2.62 bits per heavy atom. The Bertz CT molecular complexity index is 714. The molecule has 0 unspecified atom stereocenters. The van der Waals surface area contributed by atoms with E-state index in [0.717, 1.165) is 28.2 Å². The van der Waals surface area contributed by atoms with Crippen molar-refractivity contribution in [3.63, 3.8) is 0 Å². The third-order valence-corrected chi connectivity index (χ3v) is 3.16. The molecular formula is C14H10BrFN2O3. The monoisotopic (exact) mass is 352 g/mol. The van der Waals surface area contributed by atoms with E-state index < -0.39 is 22.3 Å². The first-order valence-corrected chi connectivity index (χ1v) is 6.68. The molecule has 0 atom stereocenters. The predicted molar refractivity (Wildman–Crippen MR) is 79.9 cm³/mol. The van der Waals surface area contributed by atoms with Crippen LogP contribution >= 0.6 is 15.9 Å². The lowest BCUT2D eigenvalue weighted by atomic mass is 10.1. The summed E-state index contributed by atoms with van der Waals surface area (Å²) in [5.41, 5.74) is 0.595. The quantitative estimate of drug-likeness (QED) is 0.668. The highest BCUT2D eigenvalue weighted by atomic mass is 79.9. The summed E-state index contributed by atoms with van der Waals surface area (Å²) in [6.45, 7) is 1.84. The van der Waals surface area contributed by atoms with E-state index in [0.29, 0.717) is 5.69 Å². The second kappa shape index (κ2) is 6.01. The minimum Gasteiger partial charge on any atom is -0.322 e. The number of nitrogens with one attached hydrogen (secondary N) is 1. The second-order valence-electron chi connectivity index (χ2n) is 4.39. The van der Waals surface area contributed by atoms with Gasteiger partial charge in [-0.05, 0) is 42.8 Å². The molecule has 0 aromatic heterocycles. The van der Waals surface area contributed by atoms with Crippen molar-refractivity contribution in [2.75, 3.05) is 5.32 Å². The number of hydrogen-bond acceptors (Lipinski definition) is 3. The fraction of sp³-hybridized carbons (Fsp3) is 0.0714. The van der Waals surface area contributed by atoms with Crippen molar-refractivity contribution in [3.8, 4) is 0 Å². The lowest BCUT2D eigenvalue weighted by Crippen LogP contribution is -2.14. The van der Waals surface area contributed by atoms with Gasteiger partial charge in [-0.1, -0.05) is 15.9 Å². The van der Waals surface area contributed by atoms with Crippen LogP contribution in [0, 0.1) is 22.9 Å². The lowest BCUT2D eigenvalue weighted by Gasteiger charge is -2.07. The van der Waals surface area contributed by atoms with Crippen LogP contribution in [0.1, 0.15) is 15.9 Å². The Kier molecular flexibility index (Phi) is 4.32. The van der Waals surface area contributed by atoms with Gasteiger partial charge < -0.3 is 5.32 Å². The zero-order chi connectivity index (χ0) is 15.6. The van der Waals surface area contributed by atoms with Gasteiger partial charge in [-0.25, -0.2) is 4.39 Å². The molecular weight excluding hydrogens is 343 g/mol. The molecule has 21 heavy (non-hydrogen) atoms. The number of benzene rings is 2. The van der Waals surface area contributed by atoms with Crippen molar-refractivity contribution in [1.29, 1.82) is 0 Å². The molecule has 7 heteroatoms. The standard InChI is InChI=1S/C14H10BrFN2O3/c1-8-4-9(15)6-11(5-8)17-14(19)12-7-10(16)2-3-13(12)18(20)21/h2-7H,1H3,(H,17,19). The number of aryl methyl sites for hydroxylation is 1. The van der Waals surface area contributed by atoms with Crippen LogP contribution in [0.4, 0.5) is 15.8 Å². The molecule has 2 aromatic rings. The van der Waals surface area contributed by atoms with Crippen LogP contribution in [0.2, 0.25) is 0 Å². The van der Waals surface area contributed by atoms with Crippen LogP contribution < -0.4 is 5.32 Å². The first-order valence-electron chi connectivity index (χ1n) is 5.89. The van der Waals surface area contributed by atoms with E-state index in [9.17, 15) is 19.3 Å². The van der Waals surface area contributed by atoms with Gasteiger partial charge in [-0.3, -0.25) is 14.9 Å². The van der Waals surface area contributed by atoms with Gasteiger partial charge in [0.1, 0.15) is 11.4 Å². The number of halogens is 2. The Morgan fingerprint density at radius 1 is 1.29 bits per heavy atom. The van der Waals surface area contributed by atoms with E-state index in [1.54, 1.807) is 12.1 Å². The third-order valence-electron chi connectivity index (χ3n) is 2.70. The highest BCUT2D eigenvalue weighted by Gasteiger charge is 2.21. The molecule has 0 aliphatic heterocycles. The van der Waals surface area contributed by atoms with Gasteiger partial charge in [0, 0.05) is 16.2 Å². The number of nitro groups is 1. The van der Waals surface area contributed by atoms with E-state index in [-0.39, 0.29) is 5.56 Å². The van der Waals surface area contributed by atoms with Crippen LogP contribution in [-0.4, -0.2) is 10.8 Å².